The molecule has 0 radical (unpaired) electrons. The van der Waals surface area contributed by atoms with Crippen LogP contribution in [0.2, 0.25) is 0 Å². The number of para-hydroxylation sites is 1. The number of anilines is 2. The maximum absolute atomic E-state index is 12.8. The van der Waals surface area contributed by atoms with E-state index in [0.29, 0.717) is 16.8 Å². The number of rotatable bonds is 4. The van der Waals surface area contributed by atoms with Crippen molar-refractivity contribution in [2.24, 2.45) is 5.73 Å². The predicted octanol–water partition coefficient (Wildman–Crippen LogP) is 2.80. The third kappa shape index (κ3) is 3.51. The summed E-state index contributed by atoms with van der Waals surface area (Å²) < 4.78 is 5.67. The standard InChI is InChI=1S/C21H21N3O3/c22-20(25)15-7-8-18(24-9-3-4-10-24)17(12-15)23-21(26)16-11-14-5-1-2-6-19(14)27-13-16/h1-2,5-8,11-12H,3-4,9-10,13H2,(H2,22,25)(H,23,26). The van der Waals surface area contributed by atoms with Crippen LogP contribution in [0.4, 0.5) is 11.4 Å². The molecule has 138 valence electrons. The van der Waals surface area contributed by atoms with Crippen molar-refractivity contribution in [2.45, 2.75) is 12.8 Å². The molecule has 3 N–H and O–H groups in total. The summed E-state index contributed by atoms with van der Waals surface area (Å²) >= 11 is 0. The maximum Gasteiger partial charge on any atom is 0.255 e. The molecule has 0 saturated carbocycles. The minimum atomic E-state index is -0.521. The maximum atomic E-state index is 12.8. The Morgan fingerprint density at radius 2 is 1.85 bits per heavy atom. The Morgan fingerprint density at radius 1 is 1.07 bits per heavy atom. The van der Waals surface area contributed by atoms with Crippen LogP contribution in [0.1, 0.15) is 28.8 Å². The second-order valence-corrected chi connectivity index (χ2v) is 6.74. The molecule has 0 bridgehead atoms. The van der Waals surface area contributed by atoms with Crippen LogP contribution in [0, 0.1) is 0 Å². The van der Waals surface area contributed by atoms with Gasteiger partial charge in [-0.2, -0.15) is 0 Å². The molecule has 0 aliphatic carbocycles. The number of ether oxygens (including phenoxy) is 1. The van der Waals surface area contributed by atoms with Crippen LogP contribution in [0.3, 0.4) is 0 Å². The topological polar surface area (TPSA) is 84.7 Å². The molecule has 0 atom stereocenters. The molecule has 4 rings (SSSR count). The molecule has 6 heteroatoms. The Balaban J connectivity index is 1.63. The zero-order valence-electron chi connectivity index (χ0n) is 14.9. The molecule has 1 saturated heterocycles. The summed E-state index contributed by atoms with van der Waals surface area (Å²) in [4.78, 5) is 26.6. The number of carbonyl (C=O) groups excluding carboxylic acids is 2. The zero-order chi connectivity index (χ0) is 18.8. The Hall–Kier alpha value is -3.28. The van der Waals surface area contributed by atoms with Gasteiger partial charge in [-0.1, -0.05) is 18.2 Å². The van der Waals surface area contributed by atoms with Crippen molar-refractivity contribution >= 4 is 29.3 Å². The Kier molecular flexibility index (Phi) is 4.54. The van der Waals surface area contributed by atoms with Gasteiger partial charge >= 0.3 is 0 Å². The van der Waals surface area contributed by atoms with E-state index in [-0.39, 0.29) is 12.5 Å². The average molecular weight is 363 g/mol. The van der Waals surface area contributed by atoms with E-state index in [1.165, 1.54) is 0 Å². The highest BCUT2D eigenvalue weighted by atomic mass is 16.5. The highest BCUT2D eigenvalue weighted by molar-refractivity contribution is 6.09. The number of carbonyl (C=O) groups is 2. The first-order valence-corrected chi connectivity index (χ1v) is 9.04. The fraction of sp³-hybridized carbons (Fsp3) is 0.238. The molecular weight excluding hydrogens is 342 g/mol. The Labute approximate surface area is 157 Å². The number of hydrogen-bond donors (Lipinski definition) is 2. The first kappa shape index (κ1) is 17.1. The van der Waals surface area contributed by atoms with Gasteiger partial charge in [-0.25, -0.2) is 0 Å². The van der Waals surface area contributed by atoms with Crippen LogP contribution >= 0.6 is 0 Å². The van der Waals surface area contributed by atoms with Crippen molar-refractivity contribution in [1.82, 2.24) is 0 Å². The monoisotopic (exact) mass is 363 g/mol. The van der Waals surface area contributed by atoms with Gasteiger partial charge in [0.05, 0.1) is 16.9 Å². The van der Waals surface area contributed by atoms with Crippen LogP contribution in [-0.4, -0.2) is 31.5 Å². The molecule has 2 aromatic rings. The van der Waals surface area contributed by atoms with E-state index in [4.69, 9.17) is 10.5 Å². The van der Waals surface area contributed by atoms with Gasteiger partial charge in [0.2, 0.25) is 5.91 Å². The molecule has 0 spiro atoms. The highest BCUT2D eigenvalue weighted by Crippen LogP contribution is 2.31. The van der Waals surface area contributed by atoms with Gasteiger partial charge in [-0.3, -0.25) is 9.59 Å². The van der Waals surface area contributed by atoms with E-state index in [9.17, 15) is 9.59 Å². The number of hydrogen-bond acceptors (Lipinski definition) is 4. The van der Waals surface area contributed by atoms with Crippen molar-refractivity contribution in [1.29, 1.82) is 0 Å². The lowest BCUT2D eigenvalue weighted by molar-refractivity contribution is -0.113. The molecular formula is C21H21N3O3. The summed E-state index contributed by atoms with van der Waals surface area (Å²) in [5, 5.41) is 2.95. The zero-order valence-corrected chi connectivity index (χ0v) is 14.9. The molecule has 0 unspecified atom stereocenters. The van der Waals surface area contributed by atoms with E-state index in [1.54, 1.807) is 12.1 Å². The molecule has 2 aromatic carbocycles. The first-order chi connectivity index (χ1) is 13.1. The molecule has 27 heavy (non-hydrogen) atoms. The van der Waals surface area contributed by atoms with Crippen LogP contribution in [-0.2, 0) is 4.79 Å². The SMILES string of the molecule is NC(=O)c1ccc(N2CCCC2)c(NC(=O)C2=Cc3ccccc3OC2)c1. The molecule has 1 fully saturated rings. The third-order valence-corrected chi connectivity index (χ3v) is 4.90. The van der Waals surface area contributed by atoms with Crippen molar-refractivity contribution in [3.8, 4) is 5.75 Å². The van der Waals surface area contributed by atoms with E-state index in [0.717, 1.165) is 42.9 Å². The Morgan fingerprint density at radius 3 is 2.63 bits per heavy atom. The molecule has 2 aliphatic heterocycles. The second kappa shape index (κ2) is 7.15. The van der Waals surface area contributed by atoms with Crippen LogP contribution in [0.25, 0.3) is 6.08 Å². The van der Waals surface area contributed by atoms with Gasteiger partial charge in [-0.05, 0) is 43.2 Å². The normalized spacial score (nSPS) is 15.6. The quantitative estimate of drug-likeness (QED) is 0.875. The lowest BCUT2D eigenvalue weighted by Crippen LogP contribution is -2.25. The highest BCUT2D eigenvalue weighted by Gasteiger charge is 2.21. The van der Waals surface area contributed by atoms with Crippen LogP contribution in [0.5, 0.6) is 5.75 Å². The summed E-state index contributed by atoms with van der Waals surface area (Å²) in [6, 6.07) is 12.8. The van der Waals surface area contributed by atoms with E-state index >= 15 is 0 Å². The Bertz CT molecular complexity index is 930. The number of amides is 2. The van der Waals surface area contributed by atoms with E-state index in [1.807, 2.05) is 36.4 Å². The summed E-state index contributed by atoms with van der Waals surface area (Å²) in [6.07, 6.45) is 4.06. The van der Waals surface area contributed by atoms with Crippen molar-refractivity contribution in [3.63, 3.8) is 0 Å². The fourth-order valence-electron chi connectivity index (χ4n) is 3.47. The van der Waals surface area contributed by atoms with E-state index in [2.05, 4.69) is 10.2 Å². The molecule has 6 nitrogen and oxygen atoms in total. The van der Waals surface area contributed by atoms with Gasteiger partial charge in [0.1, 0.15) is 12.4 Å². The molecule has 0 aromatic heterocycles. The van der Waals surface area contributed by atoms with E-state index < -0.39 is 5.91 Å². The fourth-order valence-corrected chi connectivity index (χ4v) is 3.47. The summed E-state index contributed by atoms with van der Waals surface area (Å²) in [5.74, 6) is 0.00159. The summed E-state index contributed by atoms with van der Waals surface area (Å²) in [5.41, 5.74) is 8.69. The minimum Gasteiger partial charge on any atom is -0.488 e. The van der Waals surface area contributed by atoms with Gasteiger partial charge < -0.3 is 20.7 Å². The molecule has 2 heterocycles. The predicted molar refractivity (Wildman–Crippen MR) is 105 cm³/mol. The lowest BCUT2D eigenvalue weighted by Gasteiger charge is -2.23. The van der Waals surface area contributed by atoms with Gasteiger partial charge in [0, 0.05) is 24.2 Å². The number of benzene rings is 2. The summed E-state index contributed by atoms with van der Waals surface area (Å²) in [6.45, 7) is 2.06. The number of nitrogens with zero attached hydrogens (tertiary/aromatic N) is 1. The molecule has 2 aliphatic rings. The minimum absolute atomic E-state index is 0.206. The number of fused-ring (bicyclic) bond motifs is 1. The lowest BCUT2D eigenvalue weighted by atomic mass is 10.1. The van der Waals surface area contributed by atoms with Gasteiger partial charge in [-0.15, -0.1) is 0 Å². The number of nitrogens with two attached hydrogens (primary N) is 1. The van der Waals surface area contributed by atoms with Crippen molar-refractivity contribution in [3.05, 3.63) is 59.2 Å². The molecule has 2 amide bonds. The number of primary amides is 1. The van der Waals surface area contributed by atoms with Gasteiger partial charge in [0.25, 0.3) is 5.91 Å². The first-order valence-electron chi connectivity index (χ1n) is 9.04. The van der Waals surface area contributed by atoms with Crippen molar-refractivity contribution < 1.29 is 14.3 Å². The van der Waals surface area contributed by atoms with Crippen LogP contribution in [0.15, 0.2) is 48.0 Å². The van der Waals surface area contributed by atoms with Gasteiger partial charge in [0.15, 0.2) is 0 Å². The summed E-state index contributed by atoms with van der Waals surface area (Å²) in [7, 11) is 0. The largest absolute Gasteiger partial charge is 0.488 e. The average Bonchev–Trinajstić information content (AvgIpc) is 3.22. The van der Waals surface area contributed by atoms with Crippen LogP contribution < -0.4 is 20.7 Å². The third-order valence-electron chi connectivity index (χ3n) is 4.90. The smallest absolute Gasteiger partial charge is 0.255 e. The number of nitrogens with one attached hydrogen (secondary N) is 1. The van der Waals surface area contributed by atoms with Crippen molar-refractivity contribution in [2.75, 3.05) is 29.9 Å². The second-order valence-electron chi connectivity index (χ2n) is 6.74.